The summed E-state index contributed by atoms with van der Waals surface area (Å²) < 4.78 is 13.1. The molecule has 1 amide bonds. The predicted octanol–water partition coefficient (Wildman–Crippen LogP) is 4.48. The van der Waals surface area contributed by atoms with Gasteiger partial charge in [0.2, 0.25) is 5.91 Å². The second kappa shape index (κ2) is 8.33. The van der Waals surface area contributed by atoms with Gasteiger partial charge in [-0.15, -0.1) is 0 Å². The molecule has 0 spiro atoms. The molecular weight excluding hydrogens is 354 g/mol. The average molecular weight is 381 g/mol. The van der Waals surface area contributed by atoms with E-state index in [-0.39, 0.29) is 5.91 Å². The van der Waals surface area contributed by atoms with Gasteiger partial charge in [-0.25, -0.2) is 4.98 Å². The molecule has 6 heteroatoms. The zero-order valence-electron chi connectivity index (χ0n) is 17.2. The van der Waals surface area contributed by atoms with Gasteiger partial charge in [0.1, 0.15) is 17.2 Å². The van der Waals surface area contributed by atoms with Crippen LogP contribution in [0.1, 0.15) is 32.3 Å². The number of imidazole rings is 1. The third kappa shape index (κ3) is 3.54. The number of fused-ring (bicyclic) bond motifs is 1. The van der Waals surface area contributed by atoms with Crippen molar-refractivity contribution in [1.29, 1.82) is 0 Å². The number of methoxy groups -OCH3 is 2. The zero-order chi connectivity index (χ0) is 20.3. The van der Waals surface area contributed by atoms with Crippen molar-refractivity contribution in [3.63, 3.8) is 0 Å². The molecule has 6 nitrogen and oxygen atoms in total. The Morgan fingerprint density at radius 3 is 2.64 bits per heavy atom. The summed E-state index contributed by atoms with van der Waals surface area (Å²) in [5.41, 5.74) is 3.39. The maximum absolute atomic E-state index is 12.5. The van der Waals surface area contributed by atoms with Crippen molar-refractivity contribution in [2.45, 2.75) is 33.6 Å². The Bertz CT molecular complexity index is 994. The number of rotatable bonds is 7. The number of ether oxygens (including phenoxy) is 2. The van der Waals surface area contributed by atoms with E-state index in [0.717, 1.165) is 35.4 Å². The van der Waals surface area contributed by atoms with Crippen LogP contribution in [-0.4, -0.2) is 36.1 Å². The number of carbonyl (C=O) groups is 1. The van der Waals surface area contributed by atoms with Crippen LogP contribution in [-0.2, 0) is 4.79 Å². The Morgan fingerprint density at radius 2 is 2.00 bits per heavy atom. The molecule has 0 atom stereocenters. The van der Waals surface area contributed by atoms with Crippen molar-refractivity contribution in [3.05, 3.63) is 42.1 Å². The Balaban J connectivity index is 2.32. The minimum atomic E-state index is -0.0149. The number of carbonyl (C=O) groups excluding carboxylic acids is 1. The van der Waals surface area contributed by atoms with E-state index in [1.54, 1.807) is 26.0 Å². The Labute approximate surface area is 165 Å². The first-order valence-electron chi connectivity index (χ1n) is 9.50. The normalized spacial score (nSPS) is 10.9. The van der Waals surface area contributed by atoms with Gasteiger partial charge in [-0.1, -0.05) is 19.4 Å². The zero-order valence-corrected chi connectivity index (χ0v) is 17.2. The van der Waals surface area contributed by atoms with Gasteiger partial charge in [-0.3, -0.25) is 14.1 Å². The Morgan fingerprint density at radius 1 is 1.21 bits per heavy atom. The van der Waals surface area contributed by atoms with Crippen molar-refractivity contribution in [2.24, 2.45) is 0 Å². The van der Waals surface area contributed by atoms with Gasteiger partial charge < -0.3 is 9.47 Å². The molecule has 1 aromatic carbocycles. The van der Waals surface area contributed by atoms with Crippen molar-refractivity contribution in [1.82, 2.24) is 9.38 Å². The number of aromatic nitrogens is 2. The first kappa shape index (κ1) is 19.7. The molecule has 0 unspecified atom stereocenters. The second-order valence-corrected chi connectivity index (χ2v) is 6.78. The smallest absolute Gasteiger partial charge is 0.225 e. The molecule has 2 heterocycles. The number of hydrogen-bond acceptors (Lipinski definition) is 4. The monoisotopic (exact) mass is 381 g/mol. The van der Waals surface area contributed by atoms with Crippen LogP contribution in [0.2, 0.25) is 0 Å². The summed E-state index contributed by atoms with van der Waals surface area (Å²) in [7, 11) is 3.22. The van der Waals surface area contributed by atoms with Gasteiger partial charge in [0.25, 0.3) is 0 Å². The third-order valence-electron chi connectivity index (χ3n) is 4.79. The highest BCUT2D eigenvalue weighted by atomic mass is 16.5. The maximum Gasteiger partial charge on any atom is 0.225 e. The summed E-state index contributed by atoms with van der Waals surface area (Å²) in [5.74, 6) is 1.97. The number of nitrogens with zero attached hydrogens (tertiary/aromatic N) is 3. The summed E-state index contributed by atoms with van der Waals surface area (Å²) in [4.78, 5) is 19.2. The molecule has 3 rings (SSSR count). The quantitative estimate of drug-likeness (QED) is 0.605. The van der Waals surface area contributed by atoms with Gasteiger partial charge in [0.15, 0.2) is 11.5 Å². The molecule has 28 heavy (non-hydrogen) atoms. The summed E-state index contributed by atoms with van der Waals surface area (Å²) >= 11 is 0. The van der Waals surface area contributed by atoms with Gasteiger partial charge >= 0.3 is 0 Å². The SMILES string of the molecule is CCCCN(C(C)=O)c1c(-c2cccc(OC)c2OC)nc2cc(C)ccn12. The lowest BCUT2D eigenvalue weighted by Crippen LogP contribution is -2.31. The molecule has 0 aliphatic rings. The molecule has 0 bridgehead atoms. The summed E-state index contributed by atoms with van der Waals surface area (Å²) in [5, 5.41) is 0. The van der Waals surface area contributed by atoms with E-state index in [9.17, 15) is 4.79 Å². The summed E-state index contributed by atoms with van der Waals surface area (Å²) in [6.07, 6.45) is 3.87. The number of para-hydroxylation sites is 1. The first-order valence-corrected chi connectivity index (χ1v) is 9.50. The molecular formula is C22H27N3O3. The van der Waals surface area contributed by atoms with Gasteiger partial charge in [0.05, 0.1) is 14.2 Å². The molecule has 0 radical (unpaired) electrons. The second-order valence-electron chi connectivity index (χ2n) is 6.78. The molecule has 0 fully saturated rings. The molecule has 2 aromatic heterocycles. The van der Waals surface area contributed by atoms with Gasteiger partial charge in [-0.05, 0) is 43.2 Å². The fourth-order valence-electron chi connectivity index (χ4n) is 3.37. The number of aryl methyl sites for hydroxylation is 1. The highest BCUT2D eigenvalue weighted by Gasteiger charge is 2.25. The summed E-state index contributed by atoms with van der Waals surface area (Å²) in [6.45, 7) is 6.37. The van der Waals surface area contributed by atoms with Crippen LogP contribution in [0.25, 0.3) is 16.9 Å². The summed E-state index contributed by atoms with van der Waals surface area (Å²) in [6, 6.07) is 9.72. The molecule has 0 saturated heterocycles. The minimum Gasteiger partial charge on any atom is -0.493 e. The van der Waals surface area contributed by atoms with Crippen LogP contribution < -0.4 is 14.4 Å². The average Bonchev–Trinajstić information content (AvgIpc) is 3.05. The minimum absolute atomic E-state index is 0.0149. The van der Waals surface area contributed by atoms with Gasteiger partial charge in [-0.2, -0.15) is 0 Å². The first-order chi connectivity index (χ1) is 13.5. The van der Waals surface area contributed by atoms with Crippen molar-refractivity contribution in [2.75, 3.05) is 25.7 Å². The number of benzene rings is 1. The fourth-order valence-corrected chi connectivity index (χ4v) is 3.37. The standard InChI is InChI=1S/C22H27N3O3/c1-6-7-12-24(16(3)26)22-20(23-19-14-15(2)11-13-25(19)22)17-9-8-10-18(27-4)21(17)28-5/h8-11,13-14H,6-7,12H2,1-5H3. The number of pyridine rings is 1. The molecule has 0 saturated carbocycles. The molecule has 0 N–H and O–H groups in total. The number of amides is 1. The van der Waals surface area contributed by atoms with E-state index in [1.165, 1.54) is 0 Å². The number of unbranched alkanes of at least 4 members (excludes halogenated alkanes) is 1. The van der Waals surface area contributed by atoms with Crippen LogP contribution in [0.3, 0.4) is 0 Å². The van der Waals surface area contributed by atoms with Crippen LogP contribution in [0.5, 0.6) is 11.5 Å². The Kier molecular flexibility index (Phi) is 5.87. The van der Waals surface area contributed by atoms with Gasteiger partial charge in [0, 0.05) is 25.2 Å². The highest BCUT2D eigenvalue weighted by molar-refractivity contribution is 5.96. The highest BCUT2D eigenvalue weighted by Crippen LogP contribution is 2.42. The van der Waals surface area contributed by atoms with Crippen molar-refractivity contribution in [3.8, 4) is 22.8 Å². The van der Waals surface area contributed by atoms with Crippen molar-refractivity contribution < 1.29 is 14.3 Å². The van der Waals surface area contributed by atoms with E-state index in [2.05, 4.69) is 6.92 Å². The third-order valence-corrected chi connectivity index (χ3v) is 4.79. The fraction of sp³-hybridized carbons (Fsp3) is 0.364. The maximum atomic E-state index is 12.5. The number of anilines is 1. The number of hydrogen-bond donors (Lipinski definition) is 0. The van der Waals surface area contributed by atoms with E-state index in [0.29, 0.717) is 23.7 Å². The molecule has 0 aliphatic carbocycles. The largest absolute Gasteiger partial charge is 0.493 e. The van der Waals surface area contributed by atoms with E-state index >= 15 is 0 Å². The van der Waals surface area contributed by atoms with E-state index in [1.807, 2.05) is 47.9 Å². The van der Waals surface area contributed by atoms with Crippen LogP contribution in [0.4, 0.5) is 5.82 Å². The molecule has 3 aromatic rings. The topological polar surface area (TPSA) is 56.1 Å². The van der Waals surface area contributed by atoms with Crippen LogP contribution in [0, 0.1) is 6.92 Å². The van der Waals surface area contributed by atoms with E-state index in [4.69, 9.17) is 14.5 Å². The Hall–Kier alpha value is -3.02. The lowest BCUT2D eigenvalue weighted by Gasteiger charge is -2.22. The van der Waals surface area contributed by atoms with Crippen LogP contribution in [0.15, 0.2) is 36.5 Å². The lowest BCUT2D eigenvalue weighted by atomic mass is 10.1. The predicted molar refractivity (Wildman–Crippen MR) is 111 cm³/mol. The lowest BCUT2D eigenvalue weighted by molar-refractivity contribution is -0.116. The van der Waals surface area contributed by atoms with E-state index < -0.39 is 0 Å². The van der Waals surface area contributed by atoms with Crippen LogP contribution >= 0.6 is 0 Å². The molecule has 0 aliphatic heterocycles. The van der Waals surface area contributed by atoms with Crippen molar-refractivity contribution >= 4 is 17.4 Å². The molecule has 148 valence electrons.